The fourth-order valence-corrected chi connectivity index (χ4v) is 4.42. The highest BCUT2D eigenvalue weighted by Gasteiger charge is 2.33. The van der Waals surface area contributed by atoms with Gasteiger partial charge in [0, 0.05) is 37.2 Å². The Kier molecular flexibility index (Phi) is 5.60. The molecule has 6 nitrogen and oxygen atoms in total. The molecular formula is C23H23BrN2O4. The number of benzene rings is 2. The highest BCUT2D eigenvalue weighted by Crippen LogP contribution is 2.42. The van der Waals surface area contributed by atoms with Crippen LogP contribution in [0, 0.1) is 0 Å². The average molecular weight is 471 g/mol. The molecule has 2 aromatic rings. The summed E-state index contributed by atoms with van der Waals surface area (Å²) in [6.07, 6.45) is 1.79. The Bertz CT molecular complexity index is 1000. The Morgan fingerprint density at radius 2 is 1.90 bits per heavy atom. The summed E-state index contributed by atoms with van der Waals surface area (Å²) in [4.78, 5) is 17.6. The molecular weight excluding hydrogens is 448 g/mol. The monoisotopic (exact) mass is 470 g/mol. The molecule has 30 heavy (non-hydrogen) atoms. The molecule has 0 unspecified atom stereocenters. The smallest absolute Gasteiger partial charge is 0.231 e. The molecule has 2 aromatic carbocycles. The normalized spacial score (nSPS) is 20.6. The fraction of sp³-hybridized carbons (Fsp3) is 0.348. The summed E-state index contributed by atoms with van der Waals surface area (Å²) < 4.78 is 18.4. The van der Waals surface area contributed by atoms with E-state index in [0.717, 1.165) is 60.7 Å². The number of hydrogen-bond donors (Lipinski definition) is 0. The molecule has 3 aliphatic rings. The van der Waals surface area contributed by atoms with Crippen LogP contribution in [0.15, 0.2) is 46.6 Å². The van der Waals surface area contributed by atoms with Crippen molar-refractivity contribution in [2.24, 2.45) is 0 Å². The number of hydrogen-bond acceptors (Lipinski definition) is 6. The minimum absolute atomic E-state index is 0.0850. The number of allylic oxidation sites excluding steroid dienone is 1. The van der Waals surface area contributed by atoms with Gasteiger partial charge in [0.05, 0.1) is 24.3 Å². The number of nitrogens with zero attached hydrogens (tertiary/aromatic N) is 2. The molecule has 0 aromatic heterocycles. The first-order chi connectivity index (χ1) is 14.7. The van der Waals surface area contributed by atoms with E-state index in [-0.39, 0.29) is 5.78 Å². The van der Waals surface area contributed by atoms with Gasteiger partial charge in [-0.2, -0.15) is 0 Å². The predicted molar refractivity (Wildman–Crippen MR) is 117 cm³/mol. The van der Waals surface area contributed by atoms with Crippen LogP contribution in [0.5, 0.6) is 11.5 Å². The third kappa shape index (κ3) is 4.03. The van der Waals surface area contributed by atoms with E-state index >= 15 is 0 Å². The van der Waals surface area contributed by atoms with Crippen molar-refractivity contribution in [3.05, 3.63) is 63.3 Å². The Morgan fingerprint density at radius 3 is 2.73 bits per heavy atom. The second-order valence-corrected chi connectivity index (χ2v) is 8.61. The lowest BCUT2D eigenvalue weighted by atomic mass is 10.0. The van der Waals surface area contributed by atoms with E-state index in [1.165, 1.54) is 0 Å². The second kappa shape index (κ2) is 8.51. The standard InChI is InChI=1S/C23H23BrN2O4/c24-17-3-1-2-16(12-17)13-21-22(27)18-4-5-20-19(23(18)30-21)14-26(15-29-20)7-6-25-8-10-28-11-9-25/h1-5,12-13H,6-11,14-15H2/b21-13-. The zero-order chi connectivity index (χ0) is 20.5. The lowest BCUT2D eigenvalue weighted by molar-refractivity contribution is 0.0239. The Hall–Kier alpha value is -2.19. The summed E-state index contributed by atoms with van der Waals surface area (Å²) in [5, 5.41) is 0. The van der Waals surface area contributed by atoms with Crippen LogP contribution in [-0.4, -0.2) is 61.7 Å². The van der Waals surface area contributed by atoms with Crippen molar-refractivity contribution in [2.45, 2.75) is 6.54 Å². The van der Waals surface area contributed by atoms with Gasteiger partial charge in [-0.1, -0.05) is 28.1 Å². The van der Waals surface area contributed by atoms with E-state index in [9.17, 15) is 4.79 Å². The number of carbonyl (C=O) groups excluding carboxylic acids is 1. The van der Waals surface area contributed by atoms with Crippen LogP contribution < -0.4 is 9.47 Å². The van der Waals surface area contributed by atoms with Crippen LogP contribution in [-0.2, 0) is 11.3 Å². The molecule has 156 valence electrons. The second-order valence-electron chi connectivity index (χ2n) is 7.69. The van der Waals surface area contributed by atoms with Crippen LogP contribution in [0.2, 0.25) is 0 Å². The molecule has 0 saturated carbocycles. The quantitative estimate of drug-likeness (QED) is 0.636. The number of fused-ring (bicyclic) bond motifs is 3. The molecule has 0 radical (unpaired) electrons. The van der Waals surface area contributed by atoms with Gasteiger partial charge in [0.15, 0.2) is 5.76 Å². The molecule has 7 heteroatoms. The highest BCUT2D eigenvalue weighted by atomic mass is 79.9. The summed E-state index contributed by atoms with van der Waals surface area (Å²) in [5.41, 5.74) is 2.47. The van der Waals surface area contributed by atoms with Crippen LogP contribution >= 0.6 is 15.9 Å². The number of ether oxygens (including phenoxy) is 3. The van der Waals surface area contributed by atoms with Gasteiger partial charge in [0.25, 0.3) is 0 Å². The molecule has 0 atom stereocenters. The summed E-state index contributed by atoms with van der Waals surface area (Å²) >= 11 is 3.47. The number of Topliss-reactive ketones (excluding diaryl/α,β-unsaturated/α-hetero) is 1. The SMILES string of the molecule is O=C1/C(=C/c2cccc(Br)c2)Oc2c1ccc1c2CN(CCN2CCOCC2)CO1. The maximum absolute atomic E-state index is 12.9. The third-order valence-electron chi connectivity index (χ3n) is 5.66. The number of halogens is 1. The zero-order valence-electron chi connectivity index (χ0n) is 16.6. The van der Waals surface area contributed by atoms with Gasteiger partial charge in [0.1, 0.15) is 18.2 Å². The molecule has 0 N–H and O–H groups in total. The Labute approximate surface area is 184 Å². The van der Waals surface area contributed by atoms with Gasteiger partial charge in [-0.15, -0.1) is 0 Å². The minimum Gasteiger partial charge on any atom is -0.478 e. The van der Waals surface area contributed by atoms with Crippen molar-refractivity contribution in [1.82, 2.24) is 9.80 Å². The summed E-state index contributed by atoms with van der Waals surface area (Å²) in [5.74, 6) is 1.70. The highest BCUT2D eigenvalue weighted by molar-refractivity contribution is 9.10. The van der Waals surface area contributed by atoms with Crippen molar-refractivity contribution in [3.63, 3.8) is 0 Å². The van der Waals surface area contributed by atoms with Gasteiger partial charge < -0.3 is 14.2 Å². The first-order valence-corrected chi connectivity index (χ1v) is 11.0. The van der Waals surface area contributed by atoms with Gasteiger partial charge in [0.2, 0.25) is 5.78 Å². The van der Waals surface area contributed by atoms with Gasteiger partial charge in [-0.3, -0.25) is 14.6 Å². The van der Waals surface area contributed by atoms with E-state index in [4.69, 9.17) is 14.2 Å². The molecule has 0 spiro atoms. The Balaban J connectivity index is 1.34. The average Bonchev–Trinajstić information content (AvgIpc) is 3.09. The van der Waals surface area contributed by atoms with Gasteiger partial charge >= 0.3 is 0 Å². The van der Waals surface area contributed by atoms with E-state index in [0.29, 0.717) is 30.3 Å². The van der Waals surface area contributed by atoms with E-state index in [1.807, 2.05) is 36.4 Å². The molecule has 3 heterocycles. The molecule has 0 bridgehead atoms. The molecule has 0 aliphatic carbocycles. The maximum Gasteiger partial charge on any atom is 0.231 e. The molecule has 1 saturated heterocycles. The van der Waals surface area contributed by atoms with Crippen molar-refractivity contribution in [2.75, 3.05) is 46.1 Å². The number of carbonyl (C=O) groups is 1. The maximum atomic E-state index is 12.9. The van der Waals surface area contributed by atoms with Crippen molar-refractivity contribution in [3.8, 4) is 11.5 Å². The fourth-order valence-electron chi connectivity index (χ4n) is 4.00. The summed E-state index contributed by atoms with van der Waals surface area (Å²) in [7, 11) is 0. The van der Waals surface area contributed by atoms with E-state index < -0.39 is 0 Å². The van der Waals surface area contributed by atoms with Crippen molar-refractivity contribution < 1.29 is 19.0 Å². The molecule has 3 aliphatic heterocycles. The number of rotatable bonds is 4. The first-order valence-electron chi connectivity index (χ1n) is 10.2. The predicted octanol–water partition coefficient (Wildman–Crippen LogP) is 3.55. The number of morpholine rings is 1. The van der Waals surface area contributed by atoms with Crippen molar-refractivity contribution >= 4 is 27.8 Å². The largest absolute Gasteiger partial charge is 0.478 e. The molecule has 1 fully saturated rings. The first kappa shape index (κ1) is 19.8. The van der Waals surface area contributed by atoms with Gasteiger partial charge in [-0.25, -0.2) is 0 Å². The lowest BCUT2D eigenvalue weighted by Crippen LogP contribution is -2.43. The summed E-state index contributed by atoms with van der Waals surface area (Å²) in [6.45, 7) is 6.68. The Morgan fingerprint density at radius 1 is 1.07 bits per heavy atom. The topological polar surface area (TPSA) is 51.2 Å². The van der Waals surface area contributed by atoms with E-state index in [1.54, 1.807) is 6.08 Å². The van der Waals surface area contributed by atoms with Crippen molar-refractivity contribution in [1.29, 1.82) is 0 Å². The third-order valence-corrected chi connectivity index (χ3v) is 6.16. The van der Waals surface area contributed by atoms with Crippen LogP contribution in [0.3, 0.4) is 0 Å². The van der Waals surface area contributed by atoms with Crippen LogP contribution in [0.25, 0.3) is 6.08 Å². The zero-order valence-corrected chi connectivity index (χ0v) is 18.2. The molecule has 5 rings (SSSR count). The molecule has 0 amide bonds. The van der Waals surface area contributed by atoms with Crippen LogP contribution in [0.4, 0.5) is 0 Å². The summed E-state index contributed by atoms with van der Waals surface area (Å²) in [6, 6.07) is 11.5. The number of ketones is 1. The van der Waals surface area contributed by atoms with E-state index in [2.05, 4.69) is 25.7 Å². The van der Waals surface area contributed by atoms with Gasteiger partial charge in [-0.05, 0) is 35.9 Å². The van der Waals surface area contributed by atoms with Crippen LogP contribution in [0.1, 0.15) is 21.5 Å². The minimum atomic E-state index is -0.0850. The lowest BCUT2D eigenvalue weighted by Gasteiger charge is -2.33.